The third-order valence-electron chi connectivity index (χ3n) is 13.2. The van der Waals surface area contributed by atoms with Gasteiger partial charge in [-0.1, -0.05) is 0 Å². The van der Waals surface area contributed by atoms with E-state index in [9.17, 15) is 79.2 Å². The van der Waals surface area contributed by atoms with Gasteiger partial charge in [-0.3, -0.25) is 38.4 Å². The van der Waals surface area contributed by atoms with Crippen LogP contribution < -0.4 is 54.0 Å². The van der Waals surface area contributed by atoms with E-state index >= 15 is 0 Å². The molecule has 0 aromatic rings. The minimum atomic E-state index is -1.59. The topological polar surface area (TPSA) is 511 Å². The predicted octanol–water partition coefficient (Wildman–Crippen LogP) is -7.89. The van der Waals surface area contributed by atoms with Crippen molar-refractivity contribution in [2.24, 2.45) is 11.5 Å². The quantitative estimate of drug-likeness (QED) is 0.0252. The normalized spacial score (nSPS) is 22.6. The number of aliphatic hydroxyl groups excluding tert-OH is 8. The van der Waals surface area contributed by atoms with Gasteiger partial charge >= 0.3 is 0 Å². The molecule has 0 aliphatic carbocycles. The van der Waals surface area contributed by atoms with Crippen LogP contribution in [0.2, 0.25) is 0 Å². The standard InChI is InChI=1S/C53H98N10O23/c54-16-4-18-56-41(70)13-27-80-32-53(63-44(73)9-1-8-37(66)57-19-5-22-60-40(69)12-17-55,33-81-28-14-42(71)61-23-6-20-58-38(67)10-2-25-83-51-49(78)47(76)45(74)35(30-64)85-51)34-82-29-15-43(72)62-24-7-21-59-39(68)11-3-26-84-52-50(79)48(77)46(75)36(31-65)86-52/h35-36,45-52,64-65,74-79H,1-34,54-55H2,(H,56,70)(H,57,66)(H,58,67)(H,59,68)(H,60,69)(H,61,71)(H,62,72)(H,63,73)/t35?,36?,45-,46-,47?,48?,49?,50?,51-,52-,53?/m1/s1. The molecule has 498 valence electrons. The largest absolute Gasteiger partial charge is 0.394 e. The maximum Gasteiger partial charge on any atom is 0.222 e. The molecular weight excluding hydrogens is 1140 g/mol. The minimum Gasteiger partial charge on any atom is -0.394 e. The molecule has 0 spiro atoms. The zero-order chi connectivity index (χ0) is 63.5. The summed E-state index contributed by atoms with van der Waals surface area (Å²) < 4.78 is 39.2. The number of hydrogen-bond acceptors (Lipinski definition) is 25. The number of nitrogens with two attached hydrogens (primary N) is 2. The van der Waals surface area contributed by atoms with E-state index in [4.69, 9.17) is 44.6 Å². The third-order valence-corrected chi connectivity index (χ3v) is 13.2. The number of nitrogens with one attached hydrogen (secondary N) is 8. The van der Waals surface area contributed by atoms with Gasteiger partial charge in [0.15, 0.2) is 12.6 Å². The van der Waals surface area contributed by atoms with Gasteiger partial charge in [-0.05, 0) is 51.5 Å². The summed E-state index contributed by atoms with van der Waals surface area (Å²) in [5, 5.41) is 101. The summed E-state index contributed by atoms with van der Waals surface area (Å²) in [6.45, 7) is 0.0791. The van der Waals surface area contributed by atoms with Crippen LogP contribution in [0, 0.1) is 0 Å². The minimum absolute atomic E-state index is 0.00481. The summed E-state index contributed by atoms with van der Waals surface area (Å²) in [4.78, 5) is 101. The SMILES string of the molecule is NCCCNC(=O)CCOCC(COCCC(=O)NCCCNC(=O)CCCO[C@@H]1OC(CO)[C@@H](O)C(O)C1O)(COCCC(=O)NCCCNC(=O)CCCO[C@@H]1OC(CO)[C@@H](O)C(O)C1O)NC(=O)CCCC(=O)NCCCNC(=O)CCN. The summed E-state index contributed by atoms with van der Waals surface area (Å²) in [7, 11) is 0. The highest BCUT2D eigenvalue weighted by atomic mass is 16.7. The van der Waals surface area contributed by atoms with Crippen molar-refractivity contribution in [2.45, 2.75) is 163 Å². The fourth-order valence-electron chi connectivity index (χ4n) is 8.28. The zero-order valence-electron chi connectivity index (χ0n) is 49.2. The van der Waals surface area contributed by atoms with E-state index in [0.29, 0.717) is 51.9 Å². The first-order chi connectivity index (χ1) is 41.3. The Balaban J connectivity index is 1.93. The molecule has 10 atom stereocenters. The maximum atomic E-state index is 13.6. The molecule has 20 N–H and O–H groups in total. The fraction of sp³-hybridized carbons (Fsp3) is 0.849. The Kier molecular flexibility index (Phi) is 41.5. The number of carbonyl (C=O) groups excluding carboxylic acids is 8. The van der Waals surface area contributed by atoms with Crippen molar-refractivity contribution < 1.29 is 112 Å². The Labute approximate surface area is 500 Å². The van der Waals surface area contributed by atoms with Crippen molar-refractivity contribution in [3.8, 4) is 0 Å². The first-order valence-corrected chi connectivity index (χ1v) is 29.5. The molecule has 0 aromatic heterocycles. The van der Waals surface area contributed by atoms with E-state index in [0.717, 1.165) is 0 Å². The molecule has 6 unspecified atom stereocenters. The van der Waals surface area contributed by atoms with E-state index in [1.807, 2.05) is 0 Å². The lowest BCUT2D eigenvalue weighted by Crippen LogP contribution is -2.59. The first kappa shape index (κ1) is 77.2. The summed E-state index contributed by atoms with van der Waals surface area (Å²) in [6, 6.07) is 0. The molecular formula is C53H98N10O23. The lowest BCUT2D eigenvalue weighted by Gasteiger charge is -2.39. The second-order valence-electron chi connectivity index (χ2n) is 20.6. The average Bonchev–Trinajstić information content (AvgIpc) is 3.54. The zero-order valence-corrected chi connectivity index (χ0v) is 49.2. The molecule has 0 aromatic carbocycles. The number of hydrogen-bond donors (Lipinski definition) is 18. The Bertz CT molecular complexity index is 1860. The van der Waals surface area contributed by atoms with Crippen LogP contribution in [0.25, 0.3) is 0 Å². The smallest absolute Gasteiger partial charge is 0.222 e. The average molecular weight is 1240 g/mol. The first-order valence-electron chi connectivity index (χ1n) is 29.5. The molecule has 0 radical (unpaired) electrons. The number of rotatable bonds is 49. The summed E-state index contributed by atoms with van der Waals surface area (Å²) >= 11 is 0. The van der Waals surface area contributed by atoms with Gasteiger partial charge in [0, 0.05) is 104 Å². The highest BCUT2D eigenvalue weighted by Crippen LogP contribution is 2.23. The molecule has 2 aliphatic heterocycles. The van der Waals surface area contributed by atoms with Gasteiger partial charge in [-0.2, -0.15) is 0 Å². The van der Waals surface area contributed by atoms with Crippen LogP contribution in [0.5, 0.6) is 0 Å². The van der Waals surface area contributed by atoms with Gasteiger partial charge in [-0.25, -0.2) is 0 Å². The predicted molar refractivity (Wildman–Crippen MR) is 301 cm³/mol. The highest BCUT2D eigenvalue weighted by Gasteiger charge is 2.45. The molecule has 86 heavy (non-hydrogen) atoms. The van der Waals surface area contributed by atoms with Gasteiger partial charge in [0.25, 0.3) is 0 Å². The maximum absolute atomic E-state index is 13.6. The van der Waals surface area contributed by atoms with E-state index in [1.165, 1.54) is 0 Å². The third kappa shape index (κ3) is 33.4. The molecule has 0 saturated carbocycles. The van der Waals surface area contributed by atoms with Crippen LogP contribution in [-0.2, 0) is 71.5 Å². The van der Waals surface area contributed by atoms with Crippen molar-refractivity contribution in [3.63, 3.8) is 0 Å². The van der Waals surface area contributed by atoms with E-state index in [2.05, 4.69) is 42.5 Å². The molecule has 2 saturated heterocycles. The molecule has 2 fully saturated rings. The number of ether oxygens (including phenoxy) is 7. The number of aliphatic hydroxyl groups is 8. The molecule has 0 bridgehead atoms. The van der Waals surface area contributed by atoms with Crippen molar-refractivity contribution in [3.05, 3.63) is 0 Å². The van der Waals surface area contributed by atoms with Crippen LogP contribution in [0.3, 0.4) is 0 Å². The Morgan fingerprint density at radius 1 is 0.360 bits per heavy atom. The van der Waals surface area contributed by atoms with Crippen LogP contribution in [0.4, 0.5) is 0 Å². The van der Waals surface area contributed by atoms with Crippen molar-refractivity contribution in [1.29, 1.82) is 0 Å². The number of carbonyl (C=O) groups is 8. The van der Waals surface area contributed by atoms with Gasteiger partial charge in [-0.15, -0.1) is 0 Å². The van der Waals surface area contributed by atoms with E-state index < -0.39 is 86.1 Å². The monoisotopic (exact) mass is 1240 g/mol. The van der Waals surface area contributed by atoms with Gasteiger partial charge < -0.3 is 128 Å². The highest BCUT2D eigenvalue weighted by molar-refractivity contribution is 5.80. The van der Waals surface area contributed by atoms with Crippen molar-refractivity contribution in [1.82, 2.24) is 42.5 Å². The van der Waals surface area contributed by atoms with E-state index in [1.54, 1.807) is 0 Å². The second-order valence-corrected chi connectivity index (χ2v) is 20.6. The summed E-state index contributed by atoms with van der Waals surface area (Å²) in [5.41, 5.74) is 9.48. The van der Waals surface area contributed by atoms with Crippen molar-refractivity contribution >= 4 is 47.3 Å². The molecule has 33 heteroatoms. The molecule has 8 amide bonds. The van der Waals surface area contributed by atoms with E-state index in [-0.39, 0.29) is 198 Å². The van der Waals surface area contributed by atoms with Crippen LogP contribution >= 0.6 is 0 Å². The summed E-state index contributed by atoms with van der Waals surface area (Å²) in [5.74, 6) is -2.70. The Morgan fingerprint density at radius 2 is 0.674 bits per heavy atom. The lowest BCUT2D eigenvalue weighted by atomic mass is 9.99. The molecule has 2 aliphatic rings. The van der Waals surface area contributed by atoms with Crippen LogP contribution in [0.15, 0.2) is 0 Å². The van der Waals surface area contributed by atoms with Crippen molar-refractivity contribution in [2.75, 3.05) is 125 Å². The Morgan fingerprint density at radius 3 is 1.01 bits per heavy atom. The fourth-order valence-corrected chi connectivity index (χ4v) is 8.28. The number of amides is 8. The molecule has 33 nitrogen and oxygen atoms in total. The molecule has 2 heterocycles. The lowest BCUT2D eigenvalue weighted by molar-refractivity contribution is -0.301. The van der Waals surface area contributed by atoms with Gasteiger partial charge in [0.05, 0.1) is 66.1 Å². The van der Waals surface area contributed by atoms with Crippen LogP contribution in [0.1, 0.15) is 96.3 Å². The second kappa shape index (κ2) is 46.2. The molecule has 2 rings (SSSR count). The van der Waals surface area contributed by atoms with Gasteiger partial charge in [0.1, 0.15) is 54.4 Å². The Hall–Kier alpha value is -4.92. The summed E-state index contributed by atoms with van der Waals surface area (Å²) in [6.07, 6.45) is -11.9. The van der Waals surface area contributed by atoms with Gasteiger partial charge in [0.2, 0.25) is 47.3 Å². The van der Waals surface area contributed by atoms with Crippen LogP contribution in [-0.4, -0.2) is 280 Å².